The van der Waals surface area contributed by atoms with Crippen LogP contribution in [0.3, 0.4) is 0 Å². The van der Waals surface area contributed by atoms with Gasteiger partial charge in [0.2, 0.25) is 0 Å². The van der Waals surface area contributed by atoms with Crippen LogP contribution >= 0.6 is 24.0 Å². The van der Waals surface area contributed by atoms with Crippen LogP contribution in [0.15, 0.2) is 29.3 Å². The first-order chi connectivity index (χ1) is 13.2. The van der Waals surface area contributed by atoms with E-state index in [1.54, 1.807) is 0 Å². The molecule has 1 atom stereocenters. The molecule has 5 nitrogen and oxygen atoms in total. The van der Waals surface area contributed by atoms with Crippen LogP contribution in [0.1, 0.15) is 45.1 Å². The van der Waals surface area contributed by atoms with Gasteiger partial charge in [-0.05, 0) is 50.8 Å². The van der Waals surface area contributed by atoms with Crippen molar-refractivity contribution in [2.45, 2.75) is 52.2 Å². The fraction of sp³-hybridized carbons (Fsp3) is 0.682. The van der Waals surface area contributed by atoms with Crippen LogP contribution in [-0.4, -0.2) is 61.6 Å². The molecule has 1 unspecified atom stereocenters. The lowest BCUT2D eigenvalue weighted by molar-refractivity contribution is 0.119. The summed E-state index contributed by atoms with van der Waals surface area (Å²) < 4.78 is 6.16. The molecular weight excluding hydrogens is 463 g/mol. The number of halogens is 1. The highest BCUT2D eigenvalue weighted by Crippen LogP contribution is 2.27. The van der Waals surface area contributed by atoms with Crippen LogP contribution in [0, 0.1) is 5.92 Å². The second-order valence-corrected chi connectivity index (χ2v) is 7.77. The van der Waals surface area contributed by atoms with Gasteiger partial charge >= 0.3 is 0 Å². The van der Waals surface area contributed by atoms with Crippen LogP contribution in [-0.2, 0) is 6.54 Å². The van der Waals surface area contributed by atoms with Crippen LogP contribution in [0.5, 0.6) is 5.75 Å². The Morgan fingerprint density at radius 2 is 1.96 bits per heavy atom. The van der Waals surface area contributed by atoms with Crippen molar-refractivity contribution in [1.29, 1.82) is 0 Å². The molecule has 0 bridgehead atoms. The Morgan fingerprint density at radius 1 is 1.21 bits per heavy atom. The molecule has 0 radical (unpaired) electrons. The molecule has 1 saturated carbocycles. The average Bonchev–Trinajstić information content (AvgIpc) is 3.12. The summed E-state index contributed by atoms with van der Waals surface area (Å²) >= 11 is 0. The summed E-state index contributed by atoms with van der Waals surface area (Å²) in [4.78, 5) is 9.47. The number of rotatable bonds is 8. The molecule has 1 aromatic carbocycles. The molecule has 28 heavy (non-hydrogen) atoms. The van der Waals surface area contributed by atoms with E-state index in [2.05, 4.69) is 58.2 Å². The Morgan fingerprint density at radius 3 is 2.61 bits per heavy atom. The zero-order valence-corrected chi connectivity index (χ0v) is 20.0. The Bertz CT molecular complexity index is 616. The summed E-state index contributed by atoms with van der Waals surface area (Å²) in [6, 6.07) is 8.39. The van der Waals surface area contributed by atoms with E-state index in [1.165, 1.54) is 37.8 Å². The SMILES string of the molecule is CCN(CC)CC1CCN(C(=NC)NCc2ccccc2OC2CCC2)C1.I. The van der Waals surface area contributed by atoms with Gasteiger partial charge in [-0.15, -0.1) is 24.0 Å². The van der Waals surface area contributed by atoms with Crippen molar-refractivity contribution in [3.63, 3.8) is 0 Å². The van der Waals surface area contributed by atoms with Crippen molar-refractivity contribution in [1.82, 2.24) is 15.1 Å². The number of aliphatic imine (C=N–C) groups is 1. The first-order valence-electron chi connectivity index (χ1n) is 10.7. The van der Waals surface area contributed by atoms with Crippen LogP contribution in [0.2, 0.25) is 0 Å². The molecule has 3 rings (SSSR count). The van der Waals surface area contributed by atoms with Gasteiger partial charge in [-0.3, -0.25) is 4.99 Å². The quantitative estimate of drug-likeness (QED) is 0.333. The molecule has 0 spiro atoms. The van der Waals surface area contributed by atoms with Crippen LogP contribution in [0.4, 0.5) is 0 Å². The number of hydrogen-bond acceptors (Lipinski definition) is 3. The Kier molecular flexibility index (Phi) is 9.85. The van der Waals surface area contributed by atoms with Crippen molar-refractivity contribution in [3.05, 3.63) is 29.8 Å². The van der Waals surface area contributed by atoms with E-state index in [1.807, 2.05) is 7.05 Å². The molecule has 0 amide bonds. The lowest BCUT2D eigenvalue weighted by Gasteiger charge is -2.28. The number of para-hydroxylation sites is 1. The average molecular weight is 500 g/mol. The molecule has 1 aliphatic heterocycles. The number of nitrogens with zero attached hydrogens (tertiary/aromatic N) is 3. The van der Waals surface area contributed by atoms with Gasteiger partial charge in [0.15, 0.2) is 5.96 Å². The molecule has 2 aliphatic rings. The summed E-state index contributed by atoms with van der Waals surface area (Å²) in [7, 11) is 1.89. The Hall–Kier alpha value is -1.02. The maximum absolute atomic E-state index is 6.16. The van der Waals surface area contributed by atoms with Gasteiger partial charge in [0.1, 0.15) is 5.75 Å². The smallest absolute Gasteiger partial charge is 0.193 e. The zero-order chi connectivity index (χ0) is 19.1. The topological polar surface area (TPSA) is 40.1 Å². The maximum atomic E-state index is 6.16. The minimum atomic E-state index is 0. The number of nitrogens with one attached hydrogen (secondary N) is 1. The molecule has 1 N–H and O–H groups in total. The van der Waals surface area contributed by atoms with Crippen molar-refractivity contribution >= 4 is 29.9 Å². The van der Waals surface area contributed by atoms with E-state index in [0.29, 0.717) is 6.10 Å². The van der Waals surface area contributed by atoms with Crippen molar-refractivity contribution in [3.8, 4) is 5.75 Å². The highest BCUT2D eigenvalue weighted by molar-refractivity contribution is 14.0. The van der Waals surface area contributed by atoms with Gasteiger partial charge < -0.3 is 19.9 Å². The van der Waals surface area contributed by atoms with Gasteiger partial charge in [0, 0.05) is 38.8 Å². The number of ether oxygens (including phenoxy) is 1. The van der Waals surface area contributed by atoms with E-state index < -0.39 is 0 Å². The first kappa shape index (κ1) is 23.3. The Balaban J connectivity index is 0.00000280. The number of hydrogen-bond donors (Lipinski definition) is 1. The molecule has 1 saturated heterocycles. The highest BCUT2D eigenvalue weighted by atomic mass is 127. The summed E-state index contributed by atoms with van der Waals surface area (Å²) in [6.07, 6.45) is 5.32. The second-order valence-electron chi connectivity index (χ2n) is 7.77. The summed E-state index contributed by atoms with van der Waals surface area (Å²) in [6.45, 7) is 10.9. The normalized spacial score (nSPS) is 20.1. The maximum Gasteiger partial charge on any atom is 0.193 e. The van der Waals surface area contributed by atoms with Crippen molar-refractivity contribution in [2.24, 2.45) is 10.9 Å². The number of guanidine groups is 1. The number of benzene rings is 1. The minimum Gasteiger partial charge on any atom is -0.490 e. The molecule has 1 aromatic rings. The van der Waals surface area contributed by atoms with E-state index in [0.717, 1.165) is 50.4 Å². The van der Waals surface area contributed by atoms with E-state index in [9.17, 15) is 0 Å². The molecule has 1 aliphatic carbocycles. The third-order valence-corrected chi connectivity index (χ3v) is 5.96. The van der Waals surface area contributed by atoms with Gasteiger partial charge in [-0.1, -0.05) is 32.0 Å². The van der Waals surface area contributed by atoms with E-state index in [-0.39, 0.29) is 24.0 Å². The first-order valence-corrected chi connectivity index (χ1v) is 10.7. The standard InChI is InChI=1S/C22H36N4O.HI/c1-4-25(5-2)16-18-13-14-26(17-18)22(23-3)24-15-19-9-6-7-12-21(19)27-20-10-8-11-20;/h6-7,9,12,18,20H,4-5,8,10-11,13-17H2,1-3H3,(H,23,24);1H. The van der Waals surface area contributed by atoms with Crippen molar-refractivity contribution in [2.75, 3.05) is 39.8 Å². The van der Waals surface area contributed by atoms with E-state index >= 15 is 0 Å². The molecule has 6 heteroatoms. The lowest BCUT2D eigenvalue weighted by atomic mass is 9.96. The predicted molar refractivity (Wildman–Crippen MR) is 128 cm³/mol. The third kappa shape index (κ3) is 6.24. The zero-order valence-electron chi connectivity index (χ0n) is 17.7. The lowest BCUT2D eigenvalue weighted by Crippen LogP contribution is -2.40. The molecular formula is C22H37IN4O. The van der Waals surface area contributed by atoms with Gasteiger partial charge in [-0.2, -0.15) is 0 Å². The third-order valence-electron chi connectivity index (χ3n) is 5.96. The van der Waals surface area contributed by atoms with E-state index in [4.69, 9.17) is 4.74 Å². The fourth-order valence-corrected chi connectivity index (χ4v) is 3.96. The molecule has 1 heterocycles. The largest absolute Gasteiger partial charge is 0.490 e. The van der Waals surface area contributed by atoms with Gasteiger partial charge in [-0.25, -0.2) is 0 Å². The highest BCUT2D eigenvalue weighted by Gasteiger charge is 2.26. The fourth-order valence-electron chi connectivity index (χ4n) is 3.96. The molecule has 158 valence electrons. The number of likely N-dealkylation sites (tertiary alicyclic amines) is 1. The summed E-state index contributed by atoms with van der Waals surface area (Å²) in [5, 5.41) is 3.56. The van der Waals surface area contributed by atoms with Crippen LogP contribution < -0.4 is 10.1 Å². The van der Waals surface area contributed by atoms with Crippen molar-refractivity contribution < 1.29 is 4.74 Å². The molecule has 2 fully saturated rings. The minimum absolute atomic E-state index is 0. The Labute approximate surface area is 187 Å². The van der Waals surface area contributed by atoms with Gasteiger partial charge in [0.25, 0.3) is 0 Å². The predicted octanol–water partition coefficient (Wildman–Crippen LogP) is 3.98. The summed E-state index contributed by atoms with van der Waals surface area (Å²) in [5.74, 6) is 2.76. The van der Waals surface area contributed by atoms with Gasteiger partial charge in [0.05, 0.1) is 6.10 Å². The van der Waals surface area contributed by atoms with Crippen LogP contribution in [0.25, 0.3) is 0 Å². The second kappa shape index (κ2) is 11.9. The summed E-state index contributed by atoms with van der Waals surface area (Å²) in [5.41, 5.74) is 1.21. The molecule has 0 aromatic heterocycles. The monoisotopic (exact) mass is 500 g/mol.